The Hall–Kier alpha value is -1.21. The first kappa shape index (κ1) is 20.1. The summed E-state index contributed by atoms with van der Waals surface area (Å²) >= 11 is 0. The predicted molar refractivity (Wildman–Crippen MR) is 97.1 cm³/mol. The molecule has 2 heterocycles. The Bertz CT molecular complexity index is 658. The van der Waals surface area contributed by atoms with Gasteiger partial charge in [-0.2, -0.15) is 0 Å². The van der Waals surface area contributed by atoms with Crippen LogP contribution in [0.25, 0.3) is 0 Å². The van der Waals surface area contributed by atoms with Gasteiger partial charge in [0.05, 0.1) is 11.4 Å². The fourth-order valence-electron chi connectivity index (χ4n) is 3.58. The summed E-state index contributed by atoms with van der Waals surface area (Å²) in [5.41, 5.74) is 0.390. The van der Waals surface area contributed by atoms with Gasteiger partial charge in [-0.15, -0.1) is 0 Å². The maximum Gasteiger partial charge on any atom is 0.181 e. The lowest BCUT2D eigenvalue weighted by Crippen LogP contribution is -2.44. The van der Waals surface area contributed by atoms with E-state index < -0.39 is 15.6 Å². The Morgan fingerprint density at radius 2 is 1.96 bits per heavy atom. The molecule has 1 aromatic rings. The molecule has 0 saturated carbocycles. The smallest absolute Gasteiger partial charge is 0.181 e. The van der Waals surface area contributed by atoms with Crippen LogP contribution in [0.15, 0.2) is 10.8 Å². The van der Waals surface area contributed by atoms with E-state index in [2.05, 4.69) is 23.7 Å². The highest BCUT2D eigenvalue weighted by molar-refractivity contribution is 7.91. The summed E-state index contributed by atoms with van der Waals surface area (Å²) < 4.78 is 29.2. The van der Waals surface area contributed by atoms with Gasteiger partial charge in [0, 0.05) is 18.5 Å². The normalized spacial score (nSPS) is 22.2. The molecule has 6 nitrogen and oxygen atoms in total. The fourth-order valence-corrected chi connectivity index (χ4v) is 5.01. The number of rotatable bonds is 9. The number of aryl methyl sites for hydroxylation is 1. The van der Waals surface area contributed by atoms with Gasteiger partial charge < -0.3 is 4.42 Å². The van der Waals surface area contributed by atoms with Crippen molar-refractivity contribution < 1.29 is 17.6 Å². The van der Waals surface area contributed by atoms with Crippen molar-refractivity contribution in [2.45, 2.75) is 77.1 Å². The van der Waals surface area contributed by atoms with Crippen LogP contribution in [0.5, 0.6) is 0 Å². The molecule has 142 valence electrons. The van der Waals surface area contributed by atoms with Crippen LogP contribution in [0.4, 0.5) is 0 Å². The lowest BCUT2D eigenvalue weighted by molar-refractivity contribution is -0.116. The number of nitrogens with zero attached hydrogens (tertiary/aromatic N) is 2. The van der Waals surface area contributed by atoms with Gasteiger partial charge in [-0.05, 0) is 53.0 Å². The number of ketones is 1. The Kier molecular flexibility index (Phi) is 7.19. The predicted octanol–water partition coefficient (Wildman–Crippen LogP) is 2.90. The van der Waals surface area contributed by atoms with E-state index in [-0.39, 0.29) is 11.5 Å². The maximum absolute atomic E-state index is 12.1. The van der Waals surface area contributed by atoms with Crippen LogP contribution in [-0.2, 0) is 20.4 Å². The van der Waals surface area contributed by atoms with Crippen molar-refractivity contribution in [3.05, 3.63) is 17.8 Å². The van der Waals surface area contributed by atoms with E-state index in [0.29, 0.717) is 30.0 Å². The first-order valence-corrected chi connectivity index (χ1v) is 11.0. The number of unbranched alkanes of at least 4 members (excludes halogenated alkanes) is 1. The van der Waals surface area contributed by atoms with E-state index >= 15 is 0 Å². The highest BCUT2D eigenvalue weighted by Gasteiger charge is 2.24. The largest absolute Gasteiger partial charge is 0.448 e. The molecule has 2 unspecified atom stereocenters. The van der Waals surface area contributed by atoms with Crippen LogP contribution in [-0.4, -0.2) is 48.5 Å². The Balaban J connectivity index is 1.70. The standard InChI is InChI=1S/C18H30N2O4S/c1-14-7-6-8-15(2)20(14)10-5-4-9-17(21)11-25(22,23)12-18-16(3)24-13-19-18/h13-15H,4-12H2,1-3H3. The second-order valence-corrected chi connectivity index (χ2v) is 9.31. The maximum atomic E-state index is 12.1. The molecule has 1 aliphatic heterocycles. The molecule has 7 heteroatoms. The number of carbonyl (C=O) groups excluding carboxylic acids is 1. The molecule has 1 aromatic heterocycles. The summed E-state index contributed by atoms with van der Waals surface area (Å²) in [4.78, 5) is 18.4. The van der Waals surface area contributed by atoms with Gasteiger partial charge in [0.2, 0.25) is 0 Å². The van der Waals surface area contributed by atoms with Crippen molar-refractivity contribution in [2.75, 3.05) is 12.3 Å². The van der Waals surface area contributed by atoms with Crippen LogP contribution in [0.2, 0.25) is 0 Å². The van der Waals surface area contributed by atoms with Crippen LogP contribution < -0.4 is 0 Å². The molecule has 0 aromatic carbocycles. The zero-order valence-electron chi connectivity index (χ0n) is 15.5. The van der Waals surface area contributed by atoms with Gasteiger partial charge in [0.25, 0.3) is 0 Å². The van der Waals surface area contributed by atoms with Crippen LogP contribution >= 0.6 is 0 Å². The third kappa shape index (κ3) is 6.22. The molecule has 0 N–H and O–H groups in total. The zero-order valence-corrected chi connectivity index (χ0v) is 16.3. The SMILES string of the molecule is Cc1ocnc1CS(=O)(=O)CC(=O)CCCCN1C(C)CCCC1C. The lowest BCUT2D eigenvalue weighted by Gasteiger charge is -2.39. The highest BCUT2D eigenvalue weighted by Crippen LogP contribution is 2.22. The van der Waals surface area contributed by atoms with Crippen molar-refractivity contribution >= 4 is 15.6 Å². The van der Waals surface area contributed by atoms with Crippen LogP contribution in [0, 0.1) is 6.92 Å². The van der Waals surface area contributed by atoms with Gasteiger partial charge in [-0.1, -0.05) is 6.42 Å². The molecule has 1 aliphatic rings. The number of aromatic nitrogens is 1. The first-order valence-electron chi connectivity index (χ1n) is 9.15. The van der Waals surface area contributed by atoms with E-state index in [1.54, 1.807) is 6.92 Å². The molecular formula is C18H30N2O4S. The average Bonchev–Trinajstić information content (AvgIpc) is 2.90. The molecule has 0 amide bonds. The number of carbonyl (C=O) groups is 1. The second-order valence-electron chi connectivity index (χ2n) is 7.25. The zero-order chi connectivity index (χ0) is 18.4. The van der Waals surface area contributed by atoms with Crippen molar-refractivity contribution in [2.24, 2.45) is 0 Å². The first-order chi connectivity index (χ1) is 11.8. The van der Waals surface area contributed by atoms with Gasteiger partial charge in [-0.25, -0.2) is 13.4 Å². The number of piperidine rings is 1. The minimum atomic E-state index is -3.48. The Labute approximate surface area is 150 Å². The molecular weight excluding hydrogens is 340 g/mol. The van der Waals surface area contributed by atoms with Gasteiger partial charge in [-0.3, -0.25) is 9.69 Å². The Morgan fingerprint density at radius 3 is 2.56 bits per heavy atom. The third-order valence-corrected chi connectivity index (χ3v) is 6.56. The highest BCUT2D eigenvalue weighted by atomic mass is 32.2. The van der Waals surface area contributed by atoms with Gasteiger partial charge in [0.1, 0.15) is 17.3 Å². The average molecular weight is 371 g/mol. The molecule has 0 bridgehead atoms. The number of Topliss-reactive ketones (excluding diaryl/α,β-unsaturated/α-hetero) is 1. The molecule has 2 atom stereocenters. The quantitative estimate of drug-likeness (QED) is 0.622. The summed E-state index contributed by atoms with van der Waals surface area (Å²) in [5.74, 6) is -0.360. The summed E-state index contributed by atoms with van der Waals surface area (Å²) in [6, 6.07) is 1.20. The molecule has 1 saturated heterocycles. The molecule has 0 spiro atoms. The number of hydrogen-bond acceptors (Lipinski definition) is 6. The number of oxazole rings is 1. The van der Waals surface area contributed by atoms with Crippen LogP contribution in [0.3, 0.4) is 0 Å². The lowest BCUT2D eigenvalue weighted by atomic mass is 9.97. The summed E-state index contributed by atoms with van der Waals surface area (Å²) in [6.45, 7) is 7.18. The molecule has 0 aliphatic carbocycles. The third-order valence-electron chi connectivity index (χ3n) is 5.08. The summed E-state index contributed by atoms with van der Waals surface area (Å²) in [5, 5.41) is 0. The van der Waals surface area contributed by atoms with Gasteiger partial charge >= 0.3 is 0 Å². The Morgan fingerprint density at radius 1 is 1.28 bits per heavy atom. The van der Waals surface area contributed by atoms with Crippen molar-refractivity contribution in [1.82, 2.24) is 9.88 Å². The van der Waals surface area contributed by atoms with E-state index in [0.717, 1.165) is 19.4 Å². The van der Waals surface area contributed by atoms with E-state index in [1.165, 1.54) is 25.7 Å². The number of sulfone groups is 1. The minimum absolute atomic E-state index is 0.208. The molecule has 25 heavy (non-hydrogen) atoms. The second kappa shape index (κ2) is 8.94. The molecule has 2 rings (SSSR count). The molecule has 0 radical (unpaired) electrons. The fraction of sp³-hybridized carbons (Fsp3) is 0.778. The number of hydrogen-bond donors (Lipinski definition) is 0. The monoisotopic (exact) mass is 370 g/mol. The minimum Gasteiger partial charge on any atom is -0.448 e. The van der Waals surface area contributed by atoms with Crippen molar-refractivity contribution in [1.29, 1.82) is 0 Å². The number of likely N-dealkylation sites (tertiary alicyclic amines) is 1. The summed E-state index contributed by atoms with van der Waals surface area (Å²) in [7, 11) is -3.48. The van der Waals surface area contributed by atoms with E-state index in [9.17, 15) is 13.2 Å². The van der Waals surface area contributed by atoms with Crippen molar-refractivity contribution in [3.8, 4) is 0 Å². The van der Waals surface area contributed by atoms with Gasteiger partial charge in [0.15, 0.2) is 16.2 Å². The topological polar surface area (TPSA) is 80.5 Å². The van der Waals surface area contributed by atoms with E-state index in [4.69, 9.17) is 4.42 Å². The van der Waals surface area contributed by atoms with Crippen LogP contribution in [0.1, 0.15) is 63.8 Å². The van der Waals surface area contributed by atoms with Crippen molar-refractivity contribution in [3.63, 3.8) is 0 Å². The van der Waals surface area contributed by atoms with E-state index in [1.807, 2.05) is 0 Å². The summed E-state index contributed by atoms with van der Waals surface area (Å²) in [6.07, 6.45) is 7.00. The molecule has 1 fully saturated rings.